The van der Waals surface area contributed by atoms with Crippen LogP contribution in [0.3, 0.4) is 0 Å². The van der Waals surface area contributed by atoms with E-state index in [1.165, 1.54) is 18.4 Å². The average molecular weight is 181 g/mol. The van der Waals surface area contributed by atoms with Crippen molar-refractivity contribution >= 4 is 0 Å². The van der Waals surface area contributed by atoms with Crippen LogP contribution >= 0.6 is 0 Å². The monoisotopic (exact) mass is 181 g/mol. The van der Waals surface area contributed by atoms with Gasteiger partial charge in [-0.25, -0.2) is 0 Å². The molecule has 1 heterocycles. The van der Waals surface area contributed by atoms with Gasteiger partial charge in [-0.2, -0.15) is 5.10 Å². The molecule has 0 unspecified atom stereocenters. The van der Waals surface area contributed by atoms with E-state index in [1.54, 1.807) is 0 Å². The Morgan fingerprint density at radius 3 is 2.77 bits per heavy atom. The fourth-order valence-electron chi connectivity index (χ4n) is 1.37. The van der Waals surface area contributed by atoms with Crippen LogP contribution in [-0.4, -0.2) is 16.7 Å². The first kappa shape index (κ1) is 10.3. The Labute approximate surface area is 79.9 Å². The molecule has 0 bridgehead atoms. The molecule has 13 heavy (non-hydrogen) atoms. The van der Waals surface area contributed by atoms with E-state index in [9.17, 15) is 0 Å². The molecule has 1 aromatic heterocycles. The van der Waals surface area contributed by atoms with Gasteiger partial charge in [-0.1, -0.05) is 26.7 Å². The number of H-pyrrole nitrogens is 1. The second-order valence-corrected chi connectivity index (χ2v) is 3.42. The van der Waals surface area contributed by atoms with Crippen molar-refractivity contribution in [3.8, 4) is 0 Å². The van der Waals surface area contributed by atoms with Crippen LogP contribution < -0.4 is 5.32 Å². The molecule has 0 atom stereocenters. The van der Waals surface area contributed by atoms with Crippen molar-refractivity contribution in [1.29, 1.82) is 0 Å². The highest BCUT2D eigenvalue weighted by molar-refractivity contribution is 5.01. The van der Waals surface area contributed by atoms with Crippen LogP contribution in [0.2, 0.25) is 0 Å². The third-order valence-electron chi connectivity index (χ3n) is 2.47. The summed E-state index contributed by atoms with van der Waals surface area (Å²) in [4.78, 5) is 0. The molecule has 0 fully saturated rings. The minimum Gasteiger partial charge on any atom is -0.312 e. The van der Waals surface area contributed by atoms with E-state index < -0.39 is 0 Å². The molecule has 0 aromatic carbocycles. The molecule has 1 rings (SSSR count). The van der Waals surface area contributed by atoms with E-state index in [0.717, 1.165) is 19.0 Å². The van der Waals surface area contributed by atoms with Crippen LogP contribution in [0.25, 0.3) is 0 Å². The van der Waals surface area contributed by atoms with E-state index in [2.05, 4.69) is 29.4 Å². The lowest BCUT2D eigenvalue weighted by molar-refractivity contribution is 0.449. The van der Waals surface area contributed by atoms with Crippen LogP contribution in [0.5, 0.6) is 0 Å². The Morgan fingerprint density at radius 1 is 1.46 bits per heavy atom. The Hall–Kier alpha value is -0.830. The maximum atomic E-state index is 3.90. The first-order chi connectivity index (χ1) is 6.36. The summed E-state index contributed by atoms with van der Waals surface area (Å²) in [6, 6.07) is 0. The minimum absolute atomic E-state index is 0.812. The summed E-state index contributed by atoms with van der Waals surface area (Å²) in [5.74, 6) is 0.812. The molecule has 1 aromatic rings. The number of aromatic amines is 1. The predicted octanol–water partition coefficient (Wildman–Crippen LogP) is 1.94. The predicted molar refractivity (Wildman–Crippen MR) is 54.4 cm³/mol. The van der Waals surface area contributed by atoms with Crippen molar-refractivity contribution in [3.05, 3.63) is 18.0 Å². The molecule has 0 radical (unpaired) electrons. The highest BCUT2D eigenvalue weighted by Gasteiger charge is 2.02. The lowest BCUT2D eigenvalue weighted by Crippen LogP contribution is -2.21. The zero-order valence-electron chi connectivity index (χ0n) is 8.51. The lowest BCUT2D eigenvalue weighted by Gasteiger charge is -2.12. The van der Waals surface area contributed by atoms with Crippen LogP contribution in [0, 0.1) is 5.92 Å². The summed E-state index contributed by atoms with van der Waals surface area (Å²) in [6.45, 7) is 6.52. The highest BCUT2D eigenvalue weighted by Crippen LogP contribution is 2.05. The molecular formula is C10H19N3. The lowest BCUT2D eigenvalue weighted by atomic mass is 10.0. The molecule has 3 nitrogen and oxygen atoms in total. The molecule has 0 saturated heterocycles. The van der Waals surface area contributed by atoms with Gasteiger partial charge in [0.05, 0.1) is 6.20 Å². The SMILES string of the molecule is CCC(CC)CNCc1cn[nH]c1. The summed E-state index contributed by atoms with van der Waals surface area (Å²) in [6.07, 6.45) is 6.31. The second kappa shape index (κ2) is 5.75. The summed E-state index contributed by atoms with van der Waals surface area (Å²) in [5, 5.41) is 10.1. The van der Waals surface area contributed by atoms with Crippen molar-refractivity contribution in [2.24, 2.45) is 5.92 Å². The Balaban J connectivity index is 2.13. The molecule has 0 aliphatic carbocycles. The highest BCUT2D eigenvalue weighted by atomic mass is 15.1. The van der Waals surface area contributed by atoms with Crippen LogP contribution in [-0.2, 0) is 6.54 Å². The third-order valence-corrected chi connectivity index (χ3v) is 2.47. The number of hydrogen-bond acceptors (Lipinski definition) is 2. The normalized spacial score (nSPS) is 11.0. The Bertz CT molecular complexity index is 202. The van der Waals surface area contributed by atoms with Gasteiger partial charge in [0.1, 0.15) is 0 Å². The Kier molecular flexibility index (Phi) is 4.54. The van der Waals surface area contributed by atoms with Gasteiger partial charge < -0.3 is 5.32 Å². The first-order valence-corrected chi connectivity index (χ1v) is 5.05. The van der Waals surface area contributed by atoms with Gasteiger partial charge >= 0.3 is 0 Å². The van der Waals surface area contributed by atoms with Gasteiger partial charge in [-0.3, -0.25) is 5.10 Å². The smallest absolute Gasteiger partial charge is 0.0532 e. The summed E-state index contributed by atoms with van der Waals surface area (Å²) in [5.41, 5.74) is 1.23. The van der Waals surface area contributed by atoms with Crippen LogP contribution in [0.1, 0.15) is 32.3 Å². The zero-order valence-corrected chi connectivity index (χ0v) is 8.51. The van der Waals surface area contributed by atoms with Gasteiger partial charge in [0.2, 0.25) is 0 Å². The molecule has 2 N–H and O–H groups in total. The molecule has 0 spiro atoms. The maximum absolute atomic E-state index is 3.90. The molecule has 0 aliphatic rings. The van der Waals surface area contributed by atoms with Gasteiger partial charge in [0.25, 0.3) is 0 Å². The summed E-state index contributed by atoms with van der Waals surface area (Å²) < 4.78 is 0. The van der Waals surface area contributed by atoms with E-state index >= 15 is 0 Å². The summed E-state index contributed by atoms with van der Waals surface area (Å²) >= 11 is 0. The van der Waals surface area contributed by atoms with E-state index in [1.807, 2.05) is 12.4 Å². The van der Waals surface area contributed by atoms with Crippen molar-refractivity contribution in [2.75, 3.05) is 6.54 Å². The largest absolute Gasteiger partial charge is 0.312 e. The number of hydrogen-bond donors (Lipinski definition) is 2. The standard InChI is InChI=1S/C10H19N3/c1-3-9(4-2)5-11-6-10-7-12-13-8-10/h7-9,11H,3-6H2,1-2H3,(H,12,13). The molecule has 74 valence electrons. The molecule has 3 heteroatoms. The minimum atomic E-state index is 0.812. The molecule has 0 saturated carbocycles. The number of nitrogens with zero attached hydrogens (tertiary/aromatic N) is 1. The van der Waals surface area contributed by atoms with Gasteiger partial charge in [-0.05, 0) is 12.5 Å². The van der Waals surface area contributed by atoms with Gasteiger partial charge in [-0.15, -0.1) is 0 Å². The first-order valence-electron chi connectivity index (χ1n) is 5.05. The second-order valence-electron chi connectivity index (χ2n) is 3.42. The maximum Gasteiger partial charge on any atom is 0.0532 e. The molecular weight excluding hydrogens is 162 g/mol. The van der Waals surface area contributed by atoms with Crippen LogP contribution in [0.15, 0.2) is 12.4 Å². The van der Waals surface area contributed by atoms with E-state index in [4.69, 9.17) is 0 Å². The van der Waals surface area contributed by atoms with Gasteiger partial charge in [0, 0.05) is 18.3 Å². The fraction of sp³-hybridized carbons (Fsp3) is 0.700. The average Bonchev–Trinajstić information content (AvgIpc) is 2.65. The quantitative estimate of drug-likeness (QED) is 0.704. The fourth-order valence-corrected chi connectivity index (χ4v) is 1.37. The number of rotatable bonds is 6. The molecule has 0 amide bonds. The van der Waals surface area contributed by atoms with Gasteiger partial charge in [0.15, 0.2) is 0 Å². The van der Waals surface area contributed by atoms with Crippen molar-refractivity contribution in [2.45, 2.75) is 33.2 Å². The Morgan fingerprint density at radius 2 is 2.23 bits per heavy atom. The summed E-state index contributed by atoms with van der Waals surface area (Å²) in [7, 11) is 0. The topological polar surface area (TPSA) is 40.7 Å². The van der Waals surface area contributed by atoms with E-state index in [-0.39, 0.29) is 0 Å². The molecule has 0 aliphatic heterocycles. The third kappa shape index (κ3) is 3.59. The number of aromatic nitrogens is 2. The van der Waals surface area contributed by atoms with Crippen molar-refractivity contribution in [1.82, 2.24) is 15.5 Å². The number of nitrogens with one attached hydrogen (secondary N) is 2. The van der Waals surface area contributed by atoms with E-state index in [0.29, 0.717) is 0 Å². The van der Waals surface area contributed by atoms with Crippen molar-refractivity contribution < 1.29 is 0 Å². The van der Waals surface area contributed by atoms with Crippen molar-refractivity contribution in [3.63, 3.8) is 0 Å². The van der Waals surface area contributed by atoms with Crippen LogP contribution in [0.4, 0.5) is 0 Å². The zero-order chi connectivity index (χ0) is 9.52.